The molecule has 0 saturated heterocycles. The molecule has 1 aromatic heterocycles. The third-order valence-corrected chi connectivity index (χ3v) is 4.61. The number of anilines is 1. The van der Waals surface area contributed by atoms with E-state index in [1.165, 1.54) is 0 Å². The SMILES string of the molecule is COc1ccc(NC(=O)C2=C(O)CCn3c2nc2cc(OC)ccc23)cc1. The first-order chi connectivity index (χ1) is 13.1. The summed E-state index contributed by atoms with van der Waals surface area (Å²) in [4.78, 5) is 17.4. The van der Waals surface area contributed by atoms with E-state index in [0.717, 1.165) is 5.52 Å². The molecule has 0 spiro atoms. The number of amides is 1. The predicted molar refractivity (Wildman–Crippen MR) is 102 cm³/mol. The molecule has 0 radical (unpaired) electrons. The van der Waals surface area contributed by atoms with Crippen molar-refractivity contribution in [3.05, 3.63) is 54.0 Å². The summed E-state index contributed by atoms with van der Waals surface area (Å²) in [5, 5.41) is 13.2. The lowest BCUT2D eigenvalue weighted by Crippen LogP contribution is -2.22. The number of ether oxygens (including phenoxy) is 2. The van der Waals surface area contributed by atoms with Gasteiger partial charge < -0.3 is 24.5 Å². The van der Waals surface area contributed by atoms with Gasteiger partial charge in [-0.25, -0.2) is 4.98 Å². The van der Waals surface area contributed by atoms with Crippen LogP contribution in [0.2, 0.25) is 0 Å². The monoisotopic (exact) mass is 365 g/mol. The molecule has 3 aromatic rings. The lowest BCUT2D eigenvalue weighted by molar-refractivity contribution is -0.111. The Bertz CT molecular complexity index is 1050. The van der Waals surface area contributed by atoms with Crippen molar-refractivity contribution in [3.63, 3.8) is 0 Å². The Morgan fingerprint density at radius 1 is 1.11 bits per heavy atom. The van der Waals surface area contributed by atoms with Gasteiger partial charge in [-0.1, -0.05) is 0 Å². The van der Waals surface area contributed by atoms with Gasteiger partial charge in [-0.05, 0) is 36.4 Å². The van der Waals surface area contributed by atoms with Gasteiger partial charge in [-0.2, -0.15) is 0 Å². The van der Waals surface area contributed by atoms with Crippen LogP contribution in [-0.4, -0.2) is 34.8 Å². The third-order valence-electron chi connectivity index (χ3n) is 4.61. The number of nitrogens with one attached hydrogen (secondary N) is 1. The standard InChI is InChI=1S/C20H19N3O4/c1-26-13-5-3-12(4-6-13)21-20(25)18-17(24)9-10-23-16-8-7-14(27-2)11-15(16)22-19(18)23/h3-8,11,24H,9-10H2,1-2H3,(H,21,25). The second-order valence-corrected chi connectivity index (χ2v) is 6.20. The van der Waals surface area contributed by atoms with Crippen molar-refractivity contribution in [3.8, 4) is 11.5 Å². The molecule has 4 rings (SSSR count). The van der Waals surface area contributed by atoms with Gasteiger partial charge >= 0.3 is 0 Å². The van der Waals surface area contributed by atoms with Crippen molar-refractivity contribution < 1.29 is 19.4 Å². The van der Waals surface area contributed by atoms with Gasteiger partial charge in [0.1, 0.15) is 28.7 Å². The number of imidazole rings is 1. The zero-order valence-electron chi connectivity index (χ0n) is 15.0. The number of rotatable bonds is 4. The smallest absolute Gasteiger partial charge is 0.262 e. The van der Waals surface area contributed by atoms with Crippen molar-refractivity contribution in [2.45, 2.75) is 13.0 Å². The van der Waals surface area contributed by atoms with Gasteiger partial charge in [0.15, 0.2) is 0 Å². The fraction of sp³-hybridized carbons (Fsp3) is 0.200. The van der Waals surface area contributed by atoms with Crippen molar-refractivity contribution in [1.29, 1.82) is 0 Å². The fourth-order valence-corrected chi connectivity index (χ4v) is 3.23. The maximum atomic E-state index is 12.9. The van der Waals surface area contributed by atoms with Crippen LogP contribution in [0.25, 0.3) is 16.6 Å². The molecule has 1 aliphatic rings. The van der Waals surface area contributed by atoms with Crippen LogP contribution in [0.15, 0.2) is 48.2 Å². The minimum atomic E-state index is -0.402. The lowest BCUT2D eigenvalue weighted by atomic mass is 10.1. The Morgan fingerprint density at radius 3 is 2.52 bits per heavy atom. The molecule has 2 N–H and O–H groups in total. The first kappa shape index (κ1) is 17.0. The van der Waals surface area contributed by atoms with Gasteiger partial charge in [0.25, 0.3) is 5.91 Å². The molecule has 27 heavy (non-hydrogen) atoms. The molecule has 0 aliphatic carbocycles. The number of hydrogen-bond donors (Lipinski definition) is 2. The van der Waals surface area contributed by atoms with E-state index in [-0.39, 0.29) is 11.3 Å². The number of nitrogens with zero attached hydrogens (tertiary/aromatic N) is 2. The molecular weight excluding hydrogens is 346 g/mol. The summed E-state index contributed by atoms with van der Waals surface area (Å²) in [5.41, 5.74) is 2.41. The summed E-state index contributed by atoms with van der Waals surface area (Å²) >= 11 is 0. The van der Waals surface area contributed by atoms with Crippen LogP contribution in [0.5, 0.6) is 11.5 Å². The molecule has 2 heterocycles. The molecule has 0 saturated carbocycles. The Balaban J connectivity index is 1.70. The molecule has 1 aliphatic heterocycles. The summed E-state index contributed by atoms with van der Waals surface area (Å²) in [6, 6.07) is 12.6. The number of aromatic nitrogens is 2. The van der Waals surface area contributed by atoms with Crippen LogP contribution < -0.4 is 14.8 Å². The van der Waals surface area contributed by atoms with E-state index in [9.17, 15) is 9.90 Å². The van der Waals surface area contributed by atoms with Gasteiger partial charge in [0.05, 0.1) is 25.3 Å². The average molecular weight is 365 g/mol. The van der Waals surface area contributed by atoms with E-state index >= 15 is 0 Å². The van der Waals surface area contributed by atoms with Crippen LogP contribution >= 0.6 is 0 Å². The van der Waals surface area contributed by atoms with E-state index in [1.807, 2.05) is 22.8 Å². The van der Waals surface area contributed by atoms with Crippen molar-refractivity contribution in [2.24, 2.45) is 0 Å². The van der Waals surface area contributed by atoms with Crippen LogP contribution in [0.3, 0.4) is 0 Å². The van der Waals surface area contributed by atoms with E-state index < -0.39 is 5.91 Å². The van der Waals surface area contributed by atoms with Gasteiger partial charge in [0, 0.05) is 24.7 Å². The second kappa shape index (κ2) is 6.68. The molecule has 2 aromatic carbocycles. The largest absolute Gasteiger partial charge is 0.511 e. The van der Waals surface area contributed by atoms with Crippen LogP contribution in [0, 0.1) is 0 Å². The zero-order chi connectivity index (χ0) is 19.0. The number of methoxy groups -OCH3 is 2. The number of allylic oxidation sites excluding steroid dienone is 1. The topological polar surface area (TPSA) is 85.6 Å². The highest BCUT2D eigenvalue weighted by molar-refractivity contribution is 6.25. The van der Waals surface area contributed by atoms with E-state index in [4.69, 9.17) is 9.47 Å². The molecule has 138 valence electrons. The molecule has 1 amide bonds. The summed E-state index contributed by atoms with van der Waals surface area (Å²) in [6.45, 7) is 0.559. The predicted octanol–water partition coefficient (Wildman–Crippen LogP) is 3.37. The highest BCUT2D eigenvalue weighted by Crippen LogP contribution is 2.31. The van der Waals surface area contributed by atoms with Gasteiger partial charge in [-0.3, -0.25) is 4.79 Å². The molecule has 0 unspecified atom stereocenters. The number of fused-ring (bicyclic) bond motifs is 3. The van der Waals surface area contributed by atoms with Crippen LogP contribution in [-0.2, 0) is 11.3 Å². The Morgan fingerprint density at radius 2 is 1.81 bits per heavy atom. The maximum Gasteiger partial charge on any atom is 0.262 e. The molecule has 0 bridgehead atoms. The van der Waals surface area contributed by atoms with Gasteiger partial charge in [0.2, 0.25) is 0 Å². The van der Waals surface area contributed by atoms with E-state index in [1.54, 1.807) is 38.5 Å². The van der Waals surface area contributed by atoms with Gasteiger partial charge in [-0.15, -0.1) is 0 Å². The number of carbonyl (C=O) groups is 1. The minimum absolute atomic E-state index is 0.0378. The lowest BCUT2D eigenvalue weighted by Gasteiger charge is -2.18. The molecule has 0 atom stereocenters. The molecule has 7 heteroatoms. The van der Waals surface area contributed by atoms with E-state index in [2.05, 4.69) is 10.3 Å². The number of aryl methyl sites for hydroxylation is 1. The number of aliphatic hydroxyl groups is 1. The van der Waals surface area contributed by atoms with Crippen LogP contribution in [0.1, 0.15) is 12.2 Å². The second-order valence-electron chi connectivity index (χ2n) is 6.20. The zero-order valence-corrected chi connectivity index (χ0v) is 15.0. The number of aliphatic hydroxyl groups excluding tert-OH is 1. The molecule has 7 nitrogen and oxygen atoms in total. The quantitative estimate of drug-likeness (QED) is 0.740. The Labute approximate surface area is 155 Å². The minimum Gasteiger partial charge on any atom is -0.511 e. The fourth-order valence-electron chi connectivity index (χ4n) is 3.23. The van der Waals surface area contributed by atoms with Crippen molar-refractivity contribution in [2.75, 3.05) is 19.5 Å². The third kappa shape index (κ3) is 2.97. The first-order valence-electron chi connectivity index (χ1n) is 8.53. The Hall–Kier alpha value is -3.48. The maximum absolute atomic E-state index is 12.9. The highest BCUT2D eigenvalue weighted by Gasteiger charge is 2.28. The summed E-state index contributed by atoms with van der Waals surface area (Å²) in [5.74, 6) is 1.48. The normalized spacial score (nSPS) is 13.4. The summed E-state index contributed by atoms with van der Waals surface area (Å²) in [7, 11) is 3.18. The molecule has 0 fully saturated rings. The first-order valence-corrected chi connectivity index (χ1v) is 8.53. The number of hydrogen-bond acceptors (Lipinski definition) is 5. The Kier molecular flexibility index (Phi) is 4.19. The summed E-state index contributed by atoms with van der Waals surface area (Å²) < 4.78 is 12.3. The highest BCUT2D eigenvalue weighted by atomic mass is 16.5. The molecular formula is C20H19N3O4. The van der Waals surface area contributed by atoms with E-state index in [0.29, 0.717) is 41.5 Å². The summed E-state index contributed by atoms with van der Waals surface area (Å²) in [6.07, 6.45) is 0.371. The average Bonchev–Trinajstić information content (AvgIpc) is 3.05. The van der Waals surface area contributed by atoms with Crippen molar-refractivity contribution in [1.82, 2.24) is 9.55 Å². The van der Waals surface area contributed by atoms with Crippen molar-refractivity contribution >= 4 is 28.2 Å². The number of benzene rings is 2. The number of carbonyl (C=O) groups excluding carboxylic acids is 1. The van der Waals surface area contributed by atoms with Crippen LogP contribution in [0.4, 0.5) is 5.69 Å².